The van der Waals surface area contributed by atoms with Crippen molar-refractivity contribution in [3.8, 4) is 5.75 Å². The fourth-order valence-electron chi connectivity index (χ4n) is 4.46. The summed E-state index contributed by atoms with van der Waals surface area (Å²) in [6.07, 6.45) is 2.72. The first-order valence-corrected chi connectivity index (χ1v) is 12.0. The van der Waals surface area contributed by atoms with Gasteiger partial charge in [0.25, 0.3) is 5.91 Å². The molecule has 0 radical (unpaired) electrons. The van der Waals surface area contributed by atoms with Crippen LogP contribution in [0.25, 0.3) is 0 Å². The molecule has 0 spiro atoms. The molecule has 3 amide bonds. The van der Waals surface area contributed by atoms with Gasteiger partial charge in [-0.15, -0.1) is 5.10 Å². The Balaban J connectivity index is 1.55. The van der Waals surface area contributed by atoms with Crippen LogP contribution in [-0.4, -0.2) is 75.9 Å². The van der Waals surface area contributed by atoms with Crippen molar-refractivity contribution in [2.45, 2.75) is 57.9 Å². The van der Waals surface area contributed by atoms with Crippen LogP contribution < -0.4 is 20.7 Å². The van der Waals surface area contributed by atoms with Gasteiger partial charge in [-0.25, -0.2) is 4.68 Å². The highest BCUT2D eigenvalue weighted by atomic mass is 16.5. The van der Waals surface area contributed by atoms with Gasteiger partial charge in [-0.1, -0.05) is 25.1 Å². The maximum atomic E-state index is 13.1. The van der Waals surface area contributed by atoms with Crippen LogP contribution in [-0.2, 0) is 22.7 Å². The minimum atomic E-state index is -0.665. The van der Waals surface area contributed by atoms with E-state index in [0.717, 1.165) is 0 Å². The van der Waals surface area contributed by atoms with E-state index < -0.39 is 12.1 Å². The summed E-state index contributed by atoms with van der Waals surface area (Å²) in [5.74, 6) is 0.0876. The number of nitrogens with one attached hydrogen (secondary N) is 3. The van der Waals surface area contributed by atoms with Crippen molar-refractivity contribution >= 4 is 17.7 Å². The average molecular weight is 484 g/mol. The molecule has 11 heteroatoms. The number of hydrogen-bond donors (Lipinski definition) is 3. The zero-order chi connectivity index (χ0) is 24.9. The molecule has 0 aliphatic carbocycles. The molecular formula is C24H33N7O4. The minimum absolute atomic E-state index is 0.186. The maximum Gasteiger partial charge on any atom is 0.251 e. The Morgan fingerprint density at radius 3 is 2.80 bits per heavy atom. The number of aromatic nitrogens is 3. The predicted molar refractivity (Wildman–Crippen MR) is 127 cm³/mol. The summed E-state index contributed by atoms with van der Waals surface area (Å²) in [7, 11) is 1.85. The Kier molecular flexibility index (Phi) is 7.64. The van der Waals surface area contributed by atoms with Crippen LogP contribution in [0.15, 0.2) is 30.5 Å². The third kappa shape index (κ3) is 6.36. The lowest BCUT2D eigenvalue weighted by Gasteiger charge is -2.24. The van der Waals surface area contributed by atoms with Gasteiger partial charge in [0.2, 0.25) is 11.8 Å². The average Bonchev–Trinajstić information content (AvgIpc) is 3.42. The summed E-state index contributed by atoms with van der Waals surface area (Å²) in [6, 6.07) is 5.71. The number of likely N-dealkylation sites (N-methyl/N-ethyl adjacent to an activating group) is 1. The summed E-state index contributed by atoms with van der Waals surface area (Å²) in [4.78, 5) is 40.9. The number of carbonyl (C=O) groups is 3. The lowest BCUT2D eigenvalue weighted by Crippen LogP contribution is -2.52. The SMILES string of the molecule is CC(C)C[C@H]1NC(=O)[C@@H]2C[C@@H](CN2C)NC(=O)c2cccc(c2)OCCn2cc(nn2)CNC1=O. The van der Waals surface area contributed by atoms with E-state index >= 15 is 0 Å². The number of likely N-dealkylation sites (tertiary alicyclic amines) is 1. The van der Waals surface area contributed by atoms with Crippen molar-refractivity contribution in [3.63, 3.8) is 0 Å². The normalized spacial score (nSPS) is 24.3. The molecule has 2 aliphatic heterocycles. The number of carbonyl (C=O) groups excluding carboxylic acids is 3. The topological polar surface area (TPSA) is 130 Å². The van der Waals surface area contributed by atoms with Gasteiger partial charge in [-0.3, -0.25) is 19.3 Å². The van der Waals surface area contributed by atoms with Crippen molar-refractivity contribution < 1.29 is 19.1 Å². The molecule has 0 saturated carbocycles. The highest BCUT2D eigenvalue weighted by Gasteiger charge is 2.37. The smallest absolute Gasteiger partial charge is 0.251 e. The molecule has 2 aliphatic rings. The zero-order valence-electron chi connectivity index (χ0n) is 20.4. The predicted octanol–water partition coefficient (Wildman–Crippen LogP) is 0.320. The van der Waals surface area contributed by atoms with Crippen molar-refractivity contribution in [1.82, 2.24) is 35.8 Å². The highest BCUT2D eigenvalue weighted by molar-refractivity contribution is 5.95. The van der Waals surface area contributed by atoms with Gasteiger partial charge >= 0.3 is 0 Å². The summed E-state index contributed by atoms with van der Waals surface area (Å²) in [5, 5.41) is 17.0. The summed E-state index contributed by atoms with van der Waals surface area (Å²) >= 11 is 0. The molecule has 1 aromatic heterocycles. The Labute approximate surface area is 204 Å². The van der Waals surface area contributed by atoms with Gasteiger partial charge in [0.05, 0.1) is 25.3 Å². The number of nitrogens with zero attached hydrogens (tertiary/aromatic N) is 4. The second-order valence-electron chi connectivity index (χ2n) is 9.62. The highest BCUT2D eigenvalue weighted by Crippen LogP contribution is 2.19. The molecular weight excluding hydrogens is 450 g/mol. The first kappa shape index (κ1) is 24.6. The second kappa shape index (κ2) is 10.9. The Morgan fingerprint density at radius 1 is 1.17 bits per heavy atom. The van der Waals surface area contributed by atoms with Crippen molar-refractivity contribution in [2.75, 3.05) is 20.2 Å². The minimum Gasteiger partial charge on any atom is -0.492 e. The number of hydrogen-bond acceptors (Lipinski definition) is 7. The fourth-order valence-corrected chi connectivity index (χ4v) is 4.46. The molecule has 2 aromatic rings. The van der Waals surface area contributed by atoms with Crippen LogP contribution in [0.3, 0.4) is 0 Å². The van der Waals surface area contributed by atoms with E-state index in [0.29, 0.717) is 49.5 Å². The first-order valence-electron chi connectivity index (χ1n) is 12.0. The van der Waals surface area contributed by atoms with E-state index in [-0.39, 0.29) is 36.2 Å². The van der Waals surface area contributed by atoms with E-state index in [9.17, 15) is 14.4 Å². The Hall–Kier alpha value is -3.47. The number of rotatable bonds is 2. The molecule has 188 valence electrons. The molecule has 11 nitrogen and oxygen atoms in total. The zero-order valence-corrected chi connectivity index (χ0v) is 20.4. The van der Waals surface area contributed by atoms with Crippen LogP contribution in [0.4, 0.5) is 0 Å². The summed E-state index contributed by atoms with van der Waals surface area (Å²) < 4.78 is 7.44. The van der Waals surface area contributed by atoms with Crippen LogP contribution in [0.5, 0.6) is 5.75 Å². The van der Waals surface area contributed by atoms with Gasteiger partial charge in [-0.2, -0.15) is 0 Å². The van der Waals surface area contributed by atoms with Gasteiger partial charge in [0.15, 0.2) is 0 Å². The van der Waals surface area contributed by atoms with E-state index in [2.05, 4.69) is 26.3 Å². The van der Waals surface area contributed by atoms with E-state index in [1.165, 1.54) is 0 Å². The fraction of sp³-hybridized carbons (Fsp3) is 0.542. The molecule has 35 heavy (non-hydrogen) atoms. The molecule has 3 atom stereocenters. The first-order chi connectivity index (χ1) is 16.8. The Morgan fingerprint density at radius 2 is 2.00 bits per heavy atom. The largest absolute Gasteiger partial charge is 0.492 e. The van der Waals surface area contributed by atoms with Crippen LogP contribution >= 0.6 is 0 Å². The molecule has 0 unspecified atom stereocenters. The van der Waals surface area contributed by atoms with Crippen molar-refractivity contribution in [1.29, 1.82) is 0 Å². The molecule has 1 fully saturated rings. The lowest BCUT2D eigenvalue weighted by atomic mass is 10.0. The number of fused-ring (bicyclic) bond motifs is 6. The van der Waals surface area contributed by atoms with Gasteiger partial charge < -0.3 is 20.7 Å². The third-order valence-electron chi connectivity index (χ3n) is 6.24. The maximum absolute atomic E-state index is 13.1. The molecule has 1 saturated heterocycles. The van der Waals surface area contributed by atoms with Crippen molar-refractivity contribution in [2.24, 2.45) is 5.92 Å². The van der Waals surface area contributed by atoms with E-state index in [4.69, 9.17) is 4.74 Å². The molecule has 3 N–H and O–H groups in total. The third-order valence-corrected chi connectivity index (χ3v) is 6.24. The van der Waals surface area contributed by atoms with Gasteiger partial charge in [-0.05, 0) is 44.0 Å². The van der Waals surface area contributed by atoms with E-state index in [1.54, 1.807) is 35.1 Å². The standard InChI is InChI=1S/C24H33N7O4/c1-15(2)9-20-23(33)25-12-18-14-31(29-28-18)7-8-35-19-6-4-5-16(10-19)22(32)26-17-11-21(24(34)27-20)30(3)13-17/h4-6,10,14-15,17,20-21H,7-9,11-13H2,1-3H3,(H,25,33)(H,26,32)(H,27,34)/t17-,20+,21-/m0/s1. The summed E-state index contributed by atoms with van der Waals surface area (Å²) in [5.41, 5.74) is 1.10. The second-order valence-corrected chi connectivity index (χ2v) is 9.62. The number of benzene rings is 1. The van der Waals surface area contributed by atoms with Crippen LogP contribution in [0.2, 0.25) is 0 Å². The van der Waals surface area contributed by atoms with Crippen molar-refractivity contribution in [3.05, 3.63) is 41.7 Å². The van der Waals surface area contributed by atoms with Crippen LogP contribution in [0.1, 0.15) is 42.7 Å². The Bertz CT molecular complexity index is 1070. The molecule has 4 rings (SSSR count). The number of ether oxygens (including phenoxy) is 1. The van der Waals surface area contributed by atoms with Gasteiger partial charge in [0, 0.05) is 18.2 Å². The van der Waals surface area contributed by atoms with Gasteiger partial charge in [0.1, 0.15) is 24.1 Å². The summed E-state index contributed by atoms with van der Waals surface area (Å²) in [6.45, 7) is 5.56. The quantitative estimate of drug-likeness (QED) is 0.561. The molecule has 6 bridgehead atoms. The number of amides is 3. The molecule has 3 heterocycles. The monoisotopic (exact) mass is 483 g/mol. The molecule has 1 aromatic carbocycles. The van der Waals surface area contributed by atoms with Crippen LogP contribution in [0, 0.1) is 5.92 Å². The van der Waals surface area contributed by atoms with E-state index in [1.807, 2.05) is 25.8 Å². The lowest BCUT2D eigenvalue weighted by molar-refractivity contribution is -0.131.